The zero-order valence-corrected chi connectivity index (χ0v) is 12.3. The Kier molecular flexibility index (Phi) is 3.47. The molecule has 0 atom stereocenters. The molecule has 0 aliphatic rings. The van der Waals surface area contributed by atoms with Crippen LogP contribution in [0.4, 0.5) is 0 Å². The highest BCUT2D eigenvalue weighted by atomic mass is 35.5. The first-order chi connectivity index (χ1) is 10.1. The van der Waals surface area contributed by atoms with E-state index in [1.807, 2.05) is 12.1 Å². The number of phenols is 2. The monoisotopic (exact) mass is 302 g/mol. The first kappa shape index (κ1) is 13.8. The number of aryl methyl sites for hydroxylation is 1. The van der Waals surface area contributed by atoms with E-state index >= 15 is 0 Å². The predicted octanol–water partition coefficient (Wildman–Crippen LogP) is 4.18. The molecule has 0 fully saturated rings. The van der Waals surface area contributed by atoms with Crippen molar-refractivity contribution in [3.8, 4) is 22.9 Å². The summed E-state index contributed by atoms with van der Waals surface area (Å²) in [5, 5.41) is 20.0. The van der Waals surface area contributed by atoms with Crippen LogP contribution in [0.1, 0.15) is 13.3 Å². The maximum atomic E-state index is 9.68. The number of benzene rings is 2. The Balaban J connectivity index is 2.27. The molecule has 1 aromatic heterocycles. The molecule has 2 aromatic carbocycles. The van der Waals surface area contributed by atoms with Gasteiger partial charge in [-0.1, -0.05) is 18.5 Å². The van der Waals surface area contributed by atoms with Crippen molar-refractivity contribution in [2.24, 2.45) is 0 Å². The minimum absolute atomic E-state index is 0.0122. The third-order valence-electron chi connectivity index (χ3n) is 3.32. The van der Waals surface area contributed by atoms with Crippen LogP contribution < -0.4 is 0 Å². The number of aromatic nitrogens is 2. The Hall–Kier alpha value is -2.20. The highest BCUT2D eigenvalue weighted by Gasteiger charge is 2.14. The van der Waals surface area contributed by atoms with E-state index in [0.717, 1.165) is 24.0 Å². The summed E-state index contributed by atoms with van der Waals surface area (Å²) in [4.78, 5) is 4.61. The fraction of sp³-hybridized carbons (Fsp3) is 0.188. The van der Waals surface area contributed by atoms with Gasteiger partial charge >= 0.3 is 0 Å². The van der Waals surface area contributed by atoms with Crippen molar-refractivity contribution in [2.45, 2.75) is 19.9 Å². The van der Waals surface area contributed by atoms with Gasteiger partial charge in [0.15, 0.2) is 0 Å². The smallest absolute Gasteiger partial charge is 0.141 e. The van der Waals surface area contributed by atoms with Gasteiger partial charge in [0.2, 0.25) is 0 Å². The van der Waals surface area contributed by atoms with Gasteiger partial charge in [0.25, 0.3) is 0 Å². The summed E-state index contributed by atoms with van der Waals surface area (Å²) in [6.07, 6.45) is 0.940. The summed E-state index contributed by atoms with van der Waals surface area (Å²) in [6.45, 7) is 2.86. The molecule has 0 spiro atoms. The Labute approximate surface area is 127 Å². The van der Waals surface area contributed by atoms with Gasteiger partial charge in [0.05, 0.1) is 11.0 Å². The second-order valence-electron chi connectivity index (χ2n) is 4.96. The average molecular weight is 303 g/mol. The number of nitrogens with zero attached hydrogens (tertiary/aromatic N) is 2. The highest BCUT2D eigenvalue weighted by molar-refractivity contribution is 6.31. The van der Waals surface area contributed by atoms with E-state index < -0.39 is 0 Å². The molecule has 1 heterocycles. The fourth-order valence-electron chi connectivity index (χ4n) is 2.49. The first-order valence-corrected chi connectivity index (χ1v) is 7.15. The number of halogens is 1. The van der Waals surface area contributed by atoms with E-state index in [0.29, 0.717) is 16.4 Å². The van der Waals surface area contributed by atoms with Crippen LogP contribution in [-0.4, -0.2) is 19.8 Å². The zero-order valence-electron chi connectivity index (χ0n) is 11.5. The van der Waals surface area contributed by atoms with E-state index in [1.54, 1.807) is 18.2 Å². The average Bonchev–Trinajstić information content (AvgIpc) is 2.77. The van der Waals surface area contributed by atoms with Crippen molar-refractivity contribution >= 4 is 22.6 Å². The summed E-state index contributed by atoms with van der Waals surface area (Å²) >= 11 is 6.08. The lowest BCUT2D eigenvalue weighted by Gasteiger charge is -2.08. The highest BCUT2D eigenvalue weighted by Crippen LogP contribution is 2.31. The van der Waals surface area contributed by atoms with Crippen molar-refractivity contribution in [3.63, 3.8) is 0 Å². The van der Waals surface area contributed by atoms with E-state index in [-0.39, 0.29) is 11.5 Å². The Bertz CT molecular complexity index is 791. The molecule has 0 unspecified atom stereocenters. The molecule has 0 aliphatic carbocycles. The van der Waals surface area contributed by atoms with Crippen LogP contribution in [0.3, 0.4) is 0 Å². The van der Waals surface area contributed by atoms with Crippen LogP contribution >= 0.6 is 11.6 Å². The molecule has 3 rings (SSSR count). The lowest BCUT2D eigenvalue weighted by atomic mass is 10.2. The minimum Gasteiger partial charge on any atom is -0.508 e. The molecule has 2 N–H and O–H groups in total. The number of hydrogen-bond acceptors (Lipinski definition) is 3. The van der Waals surface area contributed by atoms with Gasteiger partial charge in [0.1, 0.15) is 17.3 Å². The Morgan fingerprint density at radius 2 is 1.81 bits per heavy atom. The third-order valence-corrected chi connectivity index (χ3v) is 3.55. The molecule has 5 heteroatoms. The van der Waals surface area contributed by atoms with Crippen LogP contribution in [0.15, 0.2) is 36.4 Å². The van der Waals surface area contributed by atoms with Crippen molar-refractivity contribution < 1.29 is 10.2 Å². The molecule has 0 bridgehead atoms. The zero-order chi connectivity index (χ0) is 15.0. The predicted molar refractivity (Wildman–Crippen MR) is 83.8 cm³/mol. The summed E-state index contributed by atoms with van der Waals surface area (Å²) in [7, 11) is 0. The molecule has 0 aliphatic heterocycles. The lowest BCUT2D eigenvalue weighted by Crippen LogP contribution is -1.99. The number of phenolic OH excluding ortho intramolecular Hbond substituents is 2. The maximum Gasteiger partial charge on any atom is 0.141 e. The van der Waals surface area contributed by atoms with Crippen LogP contribution in [0, 0.1) is 0 Å². The number of aromatic hydroxyl groups is 2. The molecule has 4 nitrogen and oxygen atoms in total. The van der Waals surface area contributed by atoms with Crippen LogP contribution in [0.5, 0.6) is 11.5 Å². The number of imidazole rings is 1. The second kappa shape index (κ2) is 5.30. The second-order valence-corrected chi connectivity index (χ2v) is 5.39. The molecule has 3 aromatic rings. The molecule has 0 radical (unpaired) electrons. The van der Waals surface area contributed by atoms with Crippen LogP contribution in [-0.2, 0) is 6.54 Å². The van der Waals surface area contributed by atoms with Crippen LogP contribution in [0.25, 0.3) is 22.4 Å². The SMILES string of the molecule is CCCn1c(-c2cc(O)cc(O)c2)nc2ccc(Cl)cc21. The first-order valence-electron chi connectivity index (χ1n) is 6.77. The topological polar surface area (TPSA) is 58.3 Å². The quantitative estimate of drug-likeness (QED) is 0.763. The summed E-state index contributed by atoms with van der Waals surface area (Å²) in [5.41, 5.74) is 2.46. The van der Waals surface area contributed by atoms with E-state index in [1.165, 1.54) is 6.07 Å². The summed E-state index contributed by atoms with van der Waals surface area (Å²) in [5.74, 6) is 0.733. The molecule has 21 heavy (non-hydrogen) atoms. The molecular weight excluding hydrogens is 288 g/mol. The van der Waals surface area contributed by atoms with Crippen LogP contribution in [0.2, 0.25) is 5.02 Å². The number of rotatable bonds is 3. The van der Waals surface area contributed by atoms with E-state index in [9.17, 15) is 10.2 Å². The van der Waals surface area contributed by atoms with Crippen molar-refractivity contribution in [1.29, 1.82) is 0 Å². The van der Waals surface area contributed by atoms with Gasteiger partial charge in [-0.3, -0.25) is 0 Å². The van der Waals surface area contributed by atoms with Gasteiger partial charge in [-0.25, -0.2) is 4.98 Å². The molecule has 108 valence electrons. The van der Waals surface area contributed by atoms with Gasteiger partial charge in [-0.05, 0) is 36.8 Å². The van der Waals surface area contributed by atoms with E-state index in [4.69, 9.17) is 11.6 Å². The Morgan fingerprint density at radius 3 is 2.48 bits per heavy atom. The molecule has 0 saturated heterocycles. The Morgan fingerprint density at radius 1 is 1.10 bits per heavy atom. The normalized spacial score (nSPS) is 11.1. The molecule has 0 saturated carbocycles. The number of fused-ring (bicyclic) bond motifs is 1. The van der Waals surface area contributed by atoms with Gasteiger partial charge < -0.3 is 14.8 Å². The van der Waals surface area contributed by atoms with Crippen molar-refractivity contribution in [2.75, 3.05) is 0 Å². The van der Waals surface area contributed by atoms with Gasteiger partial charge in [-0.15, -0.1) is 0 Å². The lowest BCUT2D eigenvalue weighted by molar-refractivity contribution is 0.451. The molecule has 0 amide bonds. The largest absolute Gasteiger partial charge is 0.508 e. The van der Waals surface area contributed by atoms with Crippen molar-refractivity contribution in [1.82, 2.24) is 9.55 Å². The summed E-state index contributed by atoms with van der Waals surface area (Å²) in [6, 6.07) is 10.0. The minimum atomic E-state index is 0.0122. The fourth-order valence-corrected chi connectivity index (χ4v) is 2.66. The third kappa shape index (κ3) is 2.54. The molecular formula is C16H15ClN2O2. The van der Waals surface area contributed by atoms with E-state index in [2.05, 4.69) is 16.5 Å². The summed E-state index contributed by atoms with van der Waals surface area (Å²) < 4.78 is 2.05. The number of hydrogen-bond donors (Lipinski definition) is 2. The maximum absolute atomic E-state index is 9.68. The van der Waals surface area contributed by atoms with Gasteiger partial charge in [-0.2, -0.15) is 0 Å². The van der Waals surface area contributed by atoms with Crippen molar-refractivity contribution in [3.05, 3.63) is 41.4 Å². The van der Waals surface area contributed by atoms with Gasteiger partial charge in [0, 0.05) is 23.2 Å². The standard InChI is InChI=1S/C16H15ClN2O2/c1-2-5-19-15-8-11(17)3-4-14(15)18-16(19)10-6-12(20)9-13(21)7-10/h3-4,6-9,20-21H,2,5H2,1H3.